The molecule has 2 nitrogen and oxygen atoms in total. The van der Waals surface area contributed by atoms with Crippen LogP contribution in [0.15, 0.2) is 0 Å². The Morgan fingerprint density at radius 3 is 2.46 bits per heavy atom. The summed E-state index contributed by atoms with van der Waals surface area (Å²) in [6.45, 7) is 8.50. The predicted octanol–water partition coefficient (Wildman–Crippen LogP) is 1.40. The van der Waals surface area contributed by atoms with Crippen LogP contribution in [0.3, 0.4) is 0 Å². The normalized spacial score (nSPS) is 33.7. The first-order chi connectivity index (χ1) is 6.02. The lowest BCUT2D eigenvalue weighted by molar-refractivity contribution is 0.0166. The molecule has 3 heteroatoms. The molecule has 0 saturated carbocycles. The molecule has 0 aromatic heterocycles. The summed E-state index contributed by atoms with van der Waals surface area (Å²) in [6.07, 6.45) is 0.746. The van der Waals surface area contributed by atoms with Gasteiger partial charge in [-0.05, 0) is 20.3 Å². The summed E-state index contributed by atoms with van der Waals surface area (Å²) >= 11 is 4.42. The van der Waals surface area contributed by atoms with E-state index in [1.54, 1.807) is 0 Å². The summed E-state index contributed by atoms with van der Waals surface area (Å²) in [7, 11) is 0. The van der Waals surface area contributed by atoms with E-state index >= 15 is 0 Å². The molecule has 3 atom stereocenters. The van der Waals surface area contributed by atoms with E-state index in [1.807, 2.05) is 0 Å². The topological polar surface area (TPSA) is 23.5 Å². The Morgan fingerprint density at radius 1 is 1.38 bits per heavy atom. The van der Waals surface area contributed by atoms with Gasteiger partial charge in [0.15, 0.2) is 0 Å². The van der Waals surface area contributed by atoms with E-state index in [0.717, 1.165) is 19.5 Å². The van der Waals surface area contributed by atoms with Crippen molar-refractivity contribution in [1.82, 2.24) is 4.90 Å². The zero-order valence-electron chi connectivity index (χ0n) is 8.77. The summed E-state index contributed by atoms with van der Waals surface area (Å²) in [6, 6.07) is 0.585. The fourth-order valence-corrected chi connectivity index (χ4v) is 2.23. The summed E-state index contributed by atoms with van der Waals surface area (Å²) in [5.74, 6) is 0.333. The molecule has 1 N–H and O–H groups in total. The van der Waals surface area contributed by atoms with Crippen LogP contribution in [0, 0.1) is 5.92 Å². The molecule has 1 aliphatic heterocycles. The van der Waals surface area contributed by atoms with E-state index in [1.165, 1.54) is 0 Å². The van der Waals surface area contributed by atoms with Crippen molar-refractivity contribution < 1.29 is 5.11 Å². The quantitative estimate of drug-likeness (QED) is 0.663. The van der Waals surface area contributed by atoms with Gasteiger partial charge >= 0.3 is 0 Å². The van der Waals surface area contributed by atoms with Crippen LogP contribution in [0.1, 0.15) is 27.2 Å². The van der Waals surface area contributed by atoms with E-state index in [4.69, 9.17) is 0 Å². The number of hydrogen-bond donors (Lipinski definition) is 2. The maximum absolute atomic E-state index is 9.76. The fraction of sp³-hybridized carbons (Fsp3) is 1.00. The number of thiol groups is 1. The van der Waals surface area contributed by atoms with E-state index in [9.17, 15) is 5.11 Å². The lowest BCUT2D eigenvalue weighted by Gasteiger charge is -2.39. The molecule has 0 aromatic carbocycles. The summed E-state index contributed by atoms with van der Waals surface area (Å²) in [5, 5.41) is 10.1. The fourth-order valence-electron chi connectivity index (χ4n) is 1.94. The molecule has 0 aromatic rings. The molecule has 2 unspecified atom stereocenters. The summed E-state index contributed by atoms with van der Waals surface area (Å²) < 4.78 is 0. The Hall–Kier alpha value is 0.270. The standard InChI is InChI=1S/C10H21NOS/c1-7(2)11-5-4-10(12)9(6-11)8(3)13/h7-10,12-13H,4-6H2,1-3H3/t8?,9-,10?/m1/s1. The van der Waals surface area contributed by atoms with Gasteiger partial charge in [0.1, 0.15) is 0 Å². The van der Waals surface area contributed by atoms with Crippen LogP contribution in [-0.2, 0) is 0 Å². The molecule has 0 spiro atoms. The Labute approximate surface area is 86.7 Å². The number of hydrogen-bond acceptors (Lipinski definition) is 3. The van der Waals surface area contributed by atoms with Gasteiger partial charge in [0.2, 0.25) is 0 Å². The molecule has 1 heterocycles. The van der Waals surface area contributed by atoms with Gasteiger partial charge in [-0.1, -0.05) is 6.92 Å². The Morgan fingerprint density at radius 2 is 2.00 bits per heavy atom. The van der Waals surface area contributed by atoms with Gasteiger partial charge in [-0.15, -0.1) is 0 Å². The molecular formula is C10H21NOS. The molecule has 0 bridgehead atoms. The molecule has 78 valence electrons. The van der Waals surface area contributed by atoms with E-state index < -0.39 is 0 Å². The van der Waals surface area contributed by atoms with Crippen molar-refractivity contribution >= 4 is 12.6 Å². The van der Waals surface area contributed by atoms with Crippen LogP contribution in [0.5, 0.6) is 0 Å². The second-order valence-electron chi connectivity index (χ2n) is 4.35. The number of aliphatic hydroxyl groups is 1. The zero-order chi connectivity index (χ0) is 10.0. The van der Waals surface area contributed by atoms with E-state index in [0.29, 0.717) is 12.0 Å². The van der Waals surface area contributed by atoms with Gasteiger partial charge in [0.25, 0.3) is 0 Å². The van der Waals surface area contributed by atoms with Crippen molar-refractivity contribution in [2.75, 3.05) is 13.1 Å². The number of nitrogens with zero attached hydrogens (tertiary/aromatic N) is 1. The third-order valence-electron chi connectivity index (χ3n) is 3.00. The van der Waals surface area contributed by atoms with Crippen molar-refractivity contribution in [2.24, 2.45) is 5.92 Å². The average Bonchev–Trinajstić information content (AvgIpc) is 2.04. The SMILES string of the molecule is CC(S)[C@H]1CN(C(C)C)CCC1O. The average molecular weight is 203 g/mol. The summed E-state index contributed by atoms with van der Waals surface area (Å²) in [4.78, 5) is 2.42. The minimum Gasteiger partial charge on any atom is -0.393 e. The van der Waals surface area contributed by atoms with Crippen molar-refractivity contribution in [3.05, 3.63) is 0 Å². The Bertz CT molecular complexity index is 161. The maximum atomic E-state index is 9.76. The van der Waals surface area contributed by atoms with E-state index in [2.05, 4.69) is 38.3 Å². The smallest absolute Gasteiger partial charge is 0.0603 e. The van der Waals surface area contributed by atoms with Crippen molar-refractivity contribution in [1.29, 1.82) is 0 Å². The third kappa shape index (κ3) is 2.86. The monoisotopic (exact) mass is 203 g/mol. The minimum absolute atomic E-state index is 0.150. The van der Waals surface area contributed by atoms with Gasteiger partial charge in [0, 0.05) is 30.3 Å². The minimum atomic E-state index is -0.150. The molecule has 1 rings (SSSR count). The molecule has 1 aliphatic rings. The molecule has 1 saturated heterocycles. The number of piperidine rings is 1. The van der Waals surface area contributed by atoms with Crippen LogP contribution in [0.4, 0.5) is 0 Å². The van der Waals surface area contributed by atoms with Crippen LogP contribution >= 0.6 is 12.6 Å². The second-order valence-corrected chi connectivity index (χ2v) is 5.16. The maximum Gasteiger partial charge on any atom is 0.0603 e. The van der Waals surface area contributed by atoms with Crippen LogP contribution in [-0.4, -0.2) is 40.5 Å². The lowest BCUT2D eigenvalue weighted by Crippen LogP contribution is -2.48. The van der Waals surface area contributed by atoms with Crippen molar-refractivity contribution in [2.45, 2.75) is 44.6 Å². The highest BCUT2D eigenvalue weighted by Gasteiger charge is 2.30. The van der Waals surface area contributed by atoms with Crippen LogP contribution in [0.25, 0.3) is 0 Å². The molecule has 0 aliphatic carbocycles. The molecule has 1 fully saturated rings. The first-order valence-corrected chi connectivity index (χ1v) is 5.64. The van der Waals surface area contributed by atoms with Gasteiger partial charge < -0.3 is 10.0 Å². The number of rotatable bonds is 2. The highest BCUT2D eigenvalue weighted by atomic mass is 32.1. The Balaban J connectivity index is 2.53. The molecule has 0 radical (unpaired) electrons. The van der Waals surface area contributed by atoms with Gasteiger partial charge in [-0.2, -0.15) is 12.6 Å². The van der Waals surface area contributed by atoms with Crippen LogP contribution < -0.4 is 0 Å². The number of likely N-dealkylation sites (tertiary alicyclic amines) is 1. The number of aliphatic hydroxyl groups excluding tert-OH is 1. The predicted molar refractivity (Wildman–Crippen MR) is 59.3 cm³/mol. The lowest BCUT2D eigenvalue weighted by atomic mass is 9.91. The molecular weight excluding hydrogens is 182 g/mol. The largest absolute Gasteiger partial charge is 0.393 e. The van der Waals surface area contributed by atoms with Gasteiger partial charge in [0.05, 0.1) is 6.10 Å². The zero-order valence-corrected chi connectivity index (χ0v) is 9.67. The highest BCUT2D eigenvalue weighted by Crippen LogP contribution is 2.24. The van der Waals surface area contributed by atoms with Gasteiger partial charge in [-0.3, -0.25) is 0 Å². The third-order valence-corrected chi connectivity index (χ3v) is 3.38. The van der Waals surface area contributed by atoms with E-state index in [-0.39, 0.29) is 11.4 Å². The van der Waals surface area contributed by atoms with Gasteiger partial charge in [-0.25, -0.2) is 0 Å². The first kappa shape index (κ1) is 11.3. The Kier molecular flexibility index (Phi) is 4.07. The molecule has 0 amide bonds. The van der Waals surface area contributed by atoms with Crippen LogP contribution in [0.2, 0.25) is 0 Å². The highest BCUT2D eigenvalue weighted by molar-refractivity contribution is 7.80. The summed E-state index contributed by atoms with van der Waals surface area (Å²) in [5.41, 5.74) is 0. The second kappa shape index (κ2) is 4.67. The molecule has 13 heavy (non-hydrogen) atoms. The first-order valence-electron chi connectivity index (χ1n) is 5.12. The van der Waals surface area contributed by atoms with Crippen molar-refractivity contribution in [3.8, 4) is 0 Å². The van der Waals surface area contributed by atoms with Crippen molar-refractivity contribution in [3.63, 3.8) is 0 Å².